The van der Waals surface area contributed by atoms with Crippen molar-refractivity contribution in [2.45, 2.75) is 44.8 Å². The van der Waals surface area contributed by atoms with Gasteiger partial charge in [-0.05, 0) is 42.2 Å². The van der Waals surface area contributed by atoms with Crippen LogP contribution in [0.3, 0.4) is 0 Å². The number of halogens is 1. The van der Waals surface area contributed by atoms with Gasteiger partial charge < -0.3 is 19.7 Å². The summed E-state index contributed by atoms with van der Waals surface area (Å²) in [5.74, 6) is 1.45. The van der Waals surface area contributed by atoms with Crippen molar-refractivity contribution in [1.29, 1.82) is 0 Å². The second-order valence-electron chi connectivity index (χ2n) is 6.56. The van der Waals surface area contributed by atoms with E-state index in [9.17, 15) is 0 Å². The zero-order valence-corrected chi connectivity index (χ0v) is 18.3. The van der Waals surface area contributed by atoms with Gasteiger partial charge in [-0.15, -0.1) is 24.0 Å². The topological polar surface area (TPSA) is 46.1 Å². The maximum Gasteiger partial charge on any atom is 0.194 e. The maximum absolute atomic E-state index is 5.96. The van der Waals surface area contributed by atoms with Gasteiger partial charge in [0.2, 0.25) is 0 Å². The van der Waals surface area contributed by atoms with Crippen molar-refractivity contribution >= 4 is 41.3 Å². The number of rotatable bonds is 5. The van der Waals surface area contributed by atoms with Gasteiger partial charge in [-0.2, -0.15) is 11.3 Å². The van der Waals surface area contributed by atoms with E-state index >= 15 is 0 Å². The van der Waals surface area contributed by atoms with Gasteiger partial charge in [-0.3, -0.25) is 4.99 Å². The highest BCUT2D eigenvalue weighted by atomic mass is 127. The molecule has 1 N–H and O–H groups in total. The molecule has 0 amide bonds. The van der Waals surface area contributed by atoms with Crippen LogP contribution in [0.1, 0.15) is 38.2 Å². The average molecular weight is 479 g/mol. The summed E-state index contributed by atoms with van der Waals surface area (Å²) >= 11 is 1.75. The summed E-state index contributed by atoms with van der Waals surface area (Å²) in [6.45, 7) is 9.42. The minimum atomic E-state index is 0. The normalized spacial score (nSPS) is 25.5. The number of aliphatic imine (C=N–C) groups is 1. The molecule has 3 unspecified atom stereocenters. The number of morpholine rings is 1. The Morgan fingerprint density at radius 3 is 2.92 bits per heavy atom. The molecule has 0 bridgehead atoms. The van der Waals surface area contributed by atoms with Crippen LogP contribution in [0.4, 0.5) is 0 Å². The van der Waals surface area contributed by atoms with Crippen molar-refractivity contribution < 1.29 is 9.47 Å². The van der Waals surface area contributed by atoms with E-state index in [0.29, 0.717) is 5.92 Å². The van der Waals surface area contributed by atoms with Crippen LogP contribution in [0.5, 0.6) is 0 Å². The molecule has 5 nitrogen and oxygen atoms in total. The predicted octanol–water partition coefficient (Wildman–Crippen LogP) is 3.31. The molecule has 0 aliphatic carbocycles. The Balaban J connectivity index is 0.00000225. The number of ether oxygens (including phenoxy) is 2. The lowest BCUT2D eigenvalue weighted by Crippen LogP contribution is -2.53. The fraction of sp³-hybridized carbons (Fsp3) is 0.722. The summed E-state index contributed by atoms with van der Waals surface area (Å²) in [6, 6.07) is 2.19. The molecule has 3 heterocycles. The quantitative estimate of drug-likeness (QED) is 0.400. The van der Waals surface area contributed by atoms with Crippen molar-refractivity contribution in [3.8, 4) is 0 Å². The first-order chi connectivity index (χ1) is 11.8. The second kappa shape index (κ2) is 10.7. The molecule has 0 saturated carbocycles. The van der Waals surface area contributed by atoms with E-state index in [2.05, 4.69) is 40.9 Å². The Bertz CT molecular complexity index is 520. The smallest absolute Gasteiger partial charge is 0.194 e. The van der Waals surface area contributed by atoms with E-state index < -0.39 is 0 Å². The van der Waals surface area contributed by atoms with Gasteiger partial charge in [0.1, 0.15) is 6.10 Å². The van der Waals surface area contributed by atoms with Crippen molar-refractivity contribution in [3.05, 3.63) is 22.4 Å². The van der Waals surface area contributed by atoms with Crippen LogP contribution in [0.2, 0.25) is 0 Å². The second-order valence-corrected chi connectivity index (χ2v) is 7.34. The molecule has 0 spiro atoms. The van der Waals surface area contributed by atoms with Gasteiger partial charge in [0, 0.05) is 38.7 Å². The first kappa shape index (κ1) is 20.9. The lowest BCUT2D eigenvalue weighted by molar-refractivity contribution is -0.0817. The van der Waals surface area contributed by atoms with Crippen LogP contribution >= 0.6 is 35.3 Å². The molecule has 2 saturated heterocycles. The number of guanidine groups is 1. The van der Waals surface area contributed by atoms with Crippen molar-refractivity contribution in [1.82, 2.24) is 10.2 Å². The first-order valence-electron chi connectivity index (χ1n) is 9.06. The molecule has 7 heteroatoms. The van der Waals surface area contributed by atoms with E-state index in [1.807, 2.05) is 0 Å². The van der Waals surface area contributed by atoms with Crippen LogP contribution < -0.4 is 5.32 Å². The number of thiophene rings is 1. The molecule has 0 radical (unpaired) electrons. The monoisotopic (exact) mass is 479 g/mol. The lowest BCUT2D eigenvalue weighted by atomic mass is 10.1. The third kappa shape index (κ3) is 5.80. The summed E-state index contributed by atoms with van der Waals surface area (Å²) in [5.41, 5.74) is 1.37. The highest BCUT2D eigenvalue weighted by molar-refractivity contribution is 14.0. The number of nitrogens with one attached hydrogen (secondary N) is 1. The minimum Gasteiger partial charge on any atom is -0.375 e. The molecule has 3 atom stereocenters. The van der Waals surface area contributed by atoms with Crippen molar-refractivity contribution in [3.63, 3.8) is 0 Å². The standard InChI is InChI=1S/C18H29N3O2S.HI/c1-3-19-18(20-11-14(2)15-6-10-24-13-15)21-7-9-23-17(12-21)16-5-4-8-22-16;/h6,10,13-14,16-17H,3-5,7-9,11-12H2,1-2H3,(H,19,20);1H. The molecule has 0 aromatic carbocycles. The third-order valence-corrected chi connectivity index (χ3v) is 5.44. The molecule has 2 fully saturated rings. The van der Waals surface area contributed by atoms with E-state index in [4.69, 9.17) is 14.5 Å². The molecule has 2 aliphatic heterocycles. The van der Waals surface area contributed by atoms with E-state index in [1.54, 1.807) is 11.3 Å². The van der Waals surface area contributed by atoms with E-state index in [0.717, 1.165) is 58.2 Å². The van der Waals surface area contributed by atoms with Gasteiger partial charge >= 0.3 is 0 Å². The zero-order chi connectivity index (χ0) is 16.8. The number of hydrogen-bond acceptors (Lipinski definition) is 4. The Morgan fingerprint density at radius 1 is 1.40 bits per heavy atom. The molecule has 1 aromatic heterocycles. The summed E-state index contributed by atoms with van der Waals surface area (Å²) in [4.78, 5) is 7.23. The molecule has 142 valence electrons. The Kier molecular flexibility index (Phi) is 8.95. The van der Waals surface area contributed by atoms with E-state index in [-0.39, 0.29) is 36.2 Å². The van der Waals surface area contributed by atoms with E-state index in [1.165, 1.54) is 5.56 Å². The number of hydrogen-bond donors (Lipinski definition) is 1. The summed E-state index contributed by atoms with van der Waals surface area (Å²) in [5, 5.41) is 7.80. The first-order valence-corrected chi connectivity index (χ1v) is 10.0. The van der Waals surface area contributed by atoms with Crippen LogP contribution in [0, 0.1) is 0 Å². The Morgan fingerprint density at radius 2 is 2.24 bits per heavy atom. The van der Waals surface area contributed by atoms with Crippen molar-refractivity contribution in [2.75, 3.05) is 39.4 Å². The van der Waals surface area contributed by atoms with Gasteiger partial charge in [0.05, 0.1) is 12.7 Å². The van der Waals surface area contributed by atoms with Crippen LogP contribution in [0.25, 0.3) is 0 Å². The Hall–Kier alpha value is -0.380. The number of nitrogens with zero attached hydrogens (tertiary/aromatic N) is 2. The van der Waals surface area contributed by atoms with Gasteiger partial charge in [-0.25, -0.2) is 0 Å². The third-order valence-electron chi connectivity index (χ3n) is 4.73. The molecule has 1 aromatic rings. The minimum absolute atomic E-state index is 0. The summed E-state index contributed by atoms with van der Waals surface area (Å²) in [7, 11) is 0. The fourth-order valence-electron chi connectivity index (χ4n) is 3.30. The zero-order valence-electron chi connectivity index (χ0n) is 15.1. The average Bonchev–Trinajstić information content (AvgIpc) is 3.32. The SMILES string of the molecule is CCNC(=NCC(C)c1ccsc1)N1CCOC(C2CCCO2)C1.I. The molecular weight excluding hydrogens is 449 g/mol. The van der Waals surface area contributed by atoms with Gasteiger partial charge in [0.15, 0.2) is 5.96 Å². The molecule has 25 heavy (non-hydrogen) atoms. The Labute approximate surface area is 172 Å². The highest BCUT2D eigenvalue weighted by Gasteiger charge is 2.32. The van der Waals surface area contributed by atoms with Crippen LogP contribution in [-0.4, -0.2) is 62.5 Å². The summed E-state index contributed by atoms with van der Waals surface area (Å²) in [6.07, 6.45) is 2.68. The lowest BCUT2D eigenvalue weighted by Gasteiger charge is -2.37. The largest absolute Gasteiger partial charge is 0.375 e. The van der Waals surface area contributed by atoms with Gasteiger partial charge in [0.25, 0.3) is 0 Å². The molecule has 2 aliphatic rings. The predicted molar refractivity (Wildman–Crippen MR) is 114 cm³/mol. The summed E-state index contributed by atoms with van der Waals surface area (Å²) < 4.78 is 11.8. The maximum atomic E-state index is 5.96. The van der Waals surface area contributed by atoms with Crippen molar-refractivity contribution in [2.24, 2.45) is 4.99 Å². The molecular formula is C18H30IN3O2S. The highest BCUT2D eigenvalue weighted by Crippen LogP contribution is 2.22. The fourth-order valence-corrected chi connectivity index (χ4v) is 4.08. The van der Waals surface area contributed by atoms with Crippen LogP contribution in [-0.2, 0) is 9.47 Å². The van der Waals surface area contributed by atoms with Gasteiger partial charge in [-0.1, -0.05) is 6.92 Å². The van der Waals surface area contributed by atoms with Crippen LogP contribution in [0.15, 0.2) is 21.8 Å². The molecule has 3 rings (SSSR count).